The van der Waals surface area contributed by atoms with Crippen LogP contribution in [0.3, 0.4) is 0 Å². The van der Waals surface area contributed by atoms with E-state index in [-0.39, 0.29) is 6.29 Å². The normalized spacial score (nSPS) is 20.2. The van der Waals surface area contributed by atoms with E-state index in [1.54, 1.807) is 37.3 Å². The van der Waals surface area contributed by atoms with Gasteiger partial charge in [-0.15, -0.1) is 0 Å². The monoisotopic (exact) mass is 282 g/mol. The highest BCUT2D eigenvalue weighted by Crippen LogP contribution is 2.31. The molecule has 0 amide bonds. The van der Waals surface area contributed by atoms with E-state index in [0.29, 0.717) is 35.0 Å². The van der Waals surface area contributed by atoms with Crippen molar-refractivity contribution in [3.63, 3.8) is 0 Å². The number of hydrogen-bond donors (Lipinski definition) is 0. The Morgan fingerprint density at radius 1 is 1.32 bits per heavy atom. The van der Waals surface area contributed by atoms with Gasteiger partial charge in [0.25, 0.3) is 0 Å². The van der Waals surface area contributed by atoms with E-state index >= 15 is 0 Å². The van der Waals surface area contributed by atoms with Gasteiger partial charge in [-0.2, -0.15) is 0 Å². The molecule has 0 bridgehead atoms. The highest BCUT2D eigenvalue weighted by molar-refractivity contribution is 7.95. The van der Waals surface area contributed by atoms with Crippen molar-refractivity contribution in [2.75, 3.05) is 6.61 Å². The molecule has 1 heterocycles. The number of rotatable bonds is 4. The number of allylic oxidation sites excluding steroid dienone is 2. The number of hydrogen-bond acceptors (Lipinski definition) is 4. The fraction of sp³-hybridized carbons (Fsp3) is 0.429. The van der Waals surface area contributed by atoms with Crippen LogP contribution in [0.1, 0.15) is 26.7 Å². The highest BCUT2D eigenvalue weighted by Gasteiger charge is 2.29. The van der Waals surface area contributed by atoms with Gasteiger partial charge in [0.05, 0.1) is 9.80 Å². The molecule has 0 fully saturated rings. The third kappa shape index (κ3) is 2.98. The predicted molar refractivity (Wildman–Crippen MR) is 72.1 cm³/mol. The summed E-state index contributed by atoms with van der Waals surface area (Å²) in [6.45, 7) is 4.12. The quantitative estimate of drug-likeness (QED) is 0.852. The number of benzene rings is 1. The van der Waals surface area contributed by atoms with Gasteiger partial charge in [0, 0.05) is 13.0 Å². The van der Waals surface area contributed by atoms with E-state index in [0.717, 1.165) is 0 Å². The smallest absolute Gasteiger partial charge is 0.206 e. The second-order valence-corrected chi connectivity index (χ2v) is 6.31. The van der Waals surface area contributed by atoms with Crippen molar-refractivity contribution in [2.45, 2.75) is 37.9 Å². The van der Waals surface area contributed by atoms with Crippen molar-refractivity contribution in [2.24, 2.45) is 0 Å². The molecule has 0 aromatic heterocycles. The maximum Gasteiger partial charge on any atom is 0.206 e. The van der Waals surface area contributed by atoms with Crippen molar-refractivity contribution in [3.8, 4) is 0 Å². The van der Waals surface area contributed by atoms with Gasteiger partial charge in [-0.3, -0.25) is 0 Å². The second kappa shape index (κ2) is 5.75. The summed E-state index contributed by atoms with van der Waals surface area (Å²) in [7, 11) is -3.45. The molecule has 1 aromatic rings. The highest BCUT2D eigenvalue weighted by atomic mass is 32.2. The van der Waals surface area contributed by atoms with E-state index in [4.69, 9.17) is 9.47 Å². The van der Waals surface area contributed by atoms with Gasteiger partial charge in [-0.1, -0.05) is 18.2 Å². The Morgan fingerprint density at radius 2 is 2.00 bits per heavy atom. The first kappa shape index (κ1) is 14.1. The number of ether oxygens (including phenoxy) is 2. The summed E-state index contributed by atoms with van der Waals surface area (Å²) < 4.78 is 35.9. The van der Waals surface area contributed by atoms with Crippen LogP contribution in [-0.4, -0.2) is 21.3 Å². The Hall–Kier alpha value is -1.33. The zero-order chi connectivity index (χ0) is 13.9. The molecule has 1 aliphatic rings. The van der Waals surface area contributed by atoms with Gasteiger partial charge in [0.2, 0.25) is 9.84 Å². The van der Waals surface area contributed by atoms with Gasteiger partial charge in [0.1, 0.15) is 5.76 Å². The van der Waals surface area contributed by atoms with Gasteiger partial charge in [-0.05, 0) is 32.4 Å². The van der Waals surface area contributed by atoms with Crippen LogP contribution in [0.25, 0.3) is 0 Å². The van der Waals surface area contributed by atoms with E-state index < -0.39 is 9.84 Å². The number of sulfone groups is 1. The lowest BCUT2D eigenvalue weighted by molar-refractivity contribution is -0.122. The summed E-state index contributed by atoms with van der Waals surface area (Å²) in [5.41, 5.74) is 0. The first-order valence-electron chi connectivity index (χ1n) is 6.34. The van der Waals surface area contributed by atoms with Crippen LogP contribution in [0, 0.1) is 0 Å². The summed E-state index contributed by atoms with van der Waals surface area (Å²) in [6.07, 6.45) is 0.681. The molecule has 1 aromatic carbocycles. The van der Waals surface area contributed by atoms with Crippen LogP contribution in [0.5, 0.6) is 0 Å². The average molecular weight is 282 g/mol. The van der Waals surface area contributed by atoms with E-state index in [1.165, 1.54) is 0 Å². The topological polar surface area (TPSA) is 52.6 Å². The Kier molecular flexibility index (Phi) is 4.27. The van der Waals surface area contributed by atoms with Crippen LogP contribution < -0.4 is 0 Å². The molecule has 19 heavy (non-hydrogen) atoms. The maximum atomic E-state index is 12.5. The first-order chi connectivity index (χ1) is 9.05. The summed E-state index contributed by atoms with van der Waals surface area (Å²) in [5, 5.41) is 0. The predicted octanol–water partition coefficient (Wildman–Crippen LogP) is 2.86. The molecule has 5 heteroatoms. The van der Waals surface area contributed by atoms with Crippen molar-refractivity contribution >= 4 is 9.84 Å². The Labute approximate surface area is 114 Å². The molecule has 0 aliphatic carbocycles. The first-order valence-corrected chi connectivity index (χ1v) is 7.82. The van der Waals surface area contributed by atoms with Crippen molar-refractivity contribution < 1.29 is 17.9 Å². The molecule has 0 saturated heterocycles. The average Bonchev–Trinajstić information content (AvgIpc) is 2.40. The van der Waals surface area contributed by atoms with E-state index in [1.807, 2.05) is 6.92 Å². The standard InChI is InChI=1S/C14H18O4S/c1-3-17-14-10-9-13(11(2)18-14)19(15,16)12-7-5-4-6-8-12/h4-8,14H,3,9-10H2,1-2H3. The van der Waals surface area contributed by atoms with E-state index in [2.05, 4.69) is 0 Å². The van der Waals surface area contributed by atoms with Crippen molar-refractivity contribution in [3.05, 3.63) is 41.0 Å². The van der Waals surface area contributed by atoms with Crippen LogP contribution in [0.2, 0.25) is 0 Å². The maximum absolute atomic E-state index is 12.5. The van der Waals surface area contributed by atoms with Gasteiger partial charge < -0.3 is 9.47 Å². The molecule has 0 N–H and O–H groups in total. The second-order valence-electron chi connectivity index (χ2n) is 4.34. The minimum atomic E-state index is -3.45. The third-order valence-corrected chi connectivity index (χ3v) is 5.07. The molecule has 0 spiro atoms. The molecule has 4 nitrogen and oxygen atoms in total. The van der Waals surface area contributed by atoms with Gasteiger partial charge in [0.15, 0.2) is 6.29 Å². The van der Waals surface area contributed by atoms with Crippen LogP contribution in [-0.2, 0) is 19.3 Å². The Balaban J connectivity index is 2.30. The summed E-state index contributed by atoms with van der Waals surface area (Å²) in [4.78, 5) is 0.664. The largest absolute Gasteiger partial charge is 0.469 e. The molecular formula is C14H18O4S. The van der Waals surface area contributed by atoms with Crippen LogP contribution in [0.4, 0.5) is 0 Å². The van der Waals surface area contributed by atoms with Gasteiger partial charge >= 0.3 is 0 Å². The Bertz CT molecular complexity index is 560. The molecular weight excluding hydrogens is 264 g/mol. The zero-order valence-corrected chi connectivity index (χ0v) is 11.9. The molecule has 0 radical (unpaired) electrons. The van der Waals surface area contributed by atoms with Crippen molar-refractivity contribution in [1.29, 1.82) is 0 Å². The molecule has 1 atom stereocenters. The minimum absolute atomic E-state index is 0.308. The fourth-order valence-electron chi connectivity index (χ4n) is 2.12. The lowest BCUT2D eigenvalue weighted by Crippen LogP contribution is -2.24. The molecule has 0 saturated carbocycles. The van der Waals surface area contributed by atoms with Crippen LogP contribution >= 0.6 is 0 Å². The van der Waals surface area contributed by atoms with Crippen molar-refractivity contribution in [1.82, 2.24) is 0 Å². The summed E-state index contributed by atoms with van der Waals surface area (Å²) in [5.74, 6) is 0.438. The fourth-order valence-corrected chi connectivity index (χ4v) is 3.73. The molecule has 1 aliphatic heterocycles. The summed E-state index contributed by atoms with van der Waals surface area (Å²) in [6, 6.07) is 8.43. The van der Waals surface area contributed by atoms with Crippen LogP contribution in [0.15, 0.2) is 45.9 Å². The lowest BCUT2D eigenvalue weighted by Gasteiger charge is -2.26. The van der Waals surface area contributed by atoms with Gasteiger partial charge in [-0.25, -0.2) is 8.42 Å². The molecule has 1 unspecified atom stereocenters. The third-order valence-electron chi connectivity index (χ3n) is 3.04. The molecule has 104 valence electrons. The SMILES string of the molecule is CCOC1CCC(S(=O)(=O)c2ccccc2)=C(C)O1. The Morgan fingerprint density at radius 3 is 2.58 bits per heavy atom. The minimum Gasteiger partial charge on any atom is -0.469 e. The van der Waals surface area contributed by atoms with E-state index in [9.17, 15) is 8.42 Å². The summed E-state index contributed by atoms with van der Waals surface area (Å²) >= 11 is 0. The lowest BCUT2D eigenvalue weighted by atomic mass is 10.2. The molecule has 2 rings (SSSR count). The zero-order valence-electron chi connectivity index (χ0n) is 11.1.